The Kier molecular flexibility index (Phi) is 9.06. The first kappa shape index (κ1) is 36.8. The highest BCUT2D eigenvalue weighted by molar-refractivity contribution is 7.26. The maximum atomic E-state index is 2.48. The van der Waals surface area contributed by atoms with Gasteiger partial charge in [0.1, 0.15) is 0 Å². The van der Waals surface area contributed by atoms with Gasteiger partial charge in [0.05, 0.1) is 22.4 Å². The monoisotopic (exact) mass is 820 g/mol. The normalized spacial score (nSPS) is 11.5. The summed E-state index contributed by atoms with van der Waals surface area (Å²) in [6.07, 6.45) is 0. The minimum atomic E-state index is 1.08. The zero-order valence-corrected chi connectivity index (χ0v) is 35.2. The fourth-order valence-electron chi connectivity index (χ4n) is 9.46. The summed E-state index contributed by atoms with van der Waals surface area (Å²) in [7, 11) is 0. The molecule has 0 amide bonds. The lowest BCUT2D eigenvalue weighted by Crippen LogP contribution is -2.11. The molecule has 0 aliphatic heterocycles. The van der Waals surface area contributed by atoms with Gasteiger partial charge in [-0.15, -0.1) is 11.3 Å². The number of hydrogen-bond acceptors (Lipinski definition) is 2. The molecule has 0 aliphatic rings. The van der Waals surface area contributed by atoms with E-state index in [0.29, 0.717) is 0 Å². The Morgan fingerprint density at radius 1 is 0.317 bits per heavy atom. The van der Waals surface area contributed by atoms with Gasteiger partial charge in [-0.05, 0) is 82.4 Å². The van der Waals surface area contributed by atoms with Crippen molar-refractivity contribution < 1.29 is 0 Å². The third-order valence-electron chi connectivity index (χ3n) is 12.4. The molecular formula is C60H40N2S. The van der Waals surface area contributed by atoms with Crippen molar-refractivity contribution in [1.29, 1.82) is 0 Å². The summed E-state index contributed by atoms with van der Waals surface area (Å²) in [6.45, 7) is 0. The number of fused-ring (bicyclic) bond motifs is 6. The lowest BCUT2D eigenvalue weighted by Gasteiger charge is -2.28. The molecule has 296 valence electrons. The fourth-order valence-corrected chi connectivity index (χ4v) is 10.7. The molecule has 10 aromatic carbocycles. The zero-order chi connectivity index (χ0) is 41.7. The van der Waals surface area contributed by atoms with E-state index in [1.165, 1.54) is 81.0 Å². The second kappa shape index (κ2) is 15.5. The van der Waals surface area contributed by atoms with Crippen LogP contribution in [0, 0.1) is 0 Å². The molecule has 2 heterocycles. The Labute approximate surface area is 370 Å². The van der Waals surface area contributed by atoms with Gasteiger partial charge >= 0.3 is 0 Å². The van der Waals surface area contributed by atoms with Crippen LogP contribution >= 0.6 is 11.3 Å². The topological polar surface area (TPSA) is 8.17 Å². The van der Waals surface area contributed by atoms with E-state index in [9.17, 15) is 0 Å². The van der Waals surface area contributed by atoms with Crippen molar-refractivity contribution in [3.63, 3.8) is 0 Å². The average molecular weight is 821 g/mol. The van der Waals surface area contributed by atoms with Crippen LogP contribution in [-0.2, 0) is 0 Å². The quantitative estimate of drug-likeness (QED) is 0.148. The molecule has 0 aliphatic carbocycles. The van der Waals surface area contributed by atoms with Crippen LogP contribution in [0.1, 0.15) is 0 Å². The summed E-state index contributed by atoms with van der Waals surface area (Å²) >= 11 is 1.88. The maximum absolute atomic E-state index is 2.48. The summed E-state index contributed by atoms with van der Waals surface area (Å²) < 4.78 is 5.08. The van der Waals surface area contributed by atoms with E-state index in [1.807, 2.05) is 11.3 Å². The first-order valence-corrected chi connectivity index (χ1v) is 22.3. The van der Waals surface area contributed by atoms with E-state index in [0.717, 1.165) is 28.3 Å². The van der Waals surface area contributed by atoms with E-state index in [-0.39, 0.29) is 0 Å². The van der Waals surface area contributed by atoms with E-state index >= 15 is 0 Å². The third-order valence-corrected chi connectivity index (χ3v) is 13.6. The third kappa shape index (κ3) is 6.41. The highest BCUT2D eigenvalue weighted by Crippen LogP contribution is 2.47. The van der Waals surface area contributed by atoms with Crippen molar-refractivity contribution in [1.82, 2.24) is 4.57 Å². The Bertz CT molecular complexity index is 3600. The van der Waals surface area contributed by atoms with Gasteiger partial charge in [0.15, 0.2) is 0 Å². The number of benzene rings is 10. The van der Waals surface area contributed by atoms with Gasteiger partial charge < -0.3 is 9.47 Å². The molecule has 0 unspecified atom stereocenters. The lowest BCUT2D eigenvalue weighted by molar-refractivity contribution is 1.18. The molecule has 0 bridgehead atoms. The molecule has 63 heavy (non-hydrogen) atoms. The molecule has 0 N–H and O–H groups in total. The first-order chi connectivity index (χ1) is 31.3. The minimum Gasteiger partial charge on any atom is -0.310 e. The Balaban J connectivity index is 1.11. The van der Waals surface area contributed by atoms with Crippen LogP contribution in [0.4, 0.5) is 17.1 Å². The molecule has 12 aromatic rings. The van der Waals surface area contributed by atoms with Crippen molar-refractivity contribution in [2.45, 2.75) is 0 Å². The van der Waals surface area contributed by atoms with Gasteiger partial charge in [-0.25, -0.2) is 0 Å². The van der Waals surface area contributed by atoms with Gasteiger partial charge in [-0.2, -0.15) is 0 Å². The van der Waals surface area contributed by atoms with E-state index < -0.39 is 0 Å². The van der Waals surface area contributed by atoms with Gasteiger partial charge in [-0.1, -0.05) is 188 Å². The second-order valence-electron chi connectivity index (χ2n) is 16.1. The molecule has 3 heteroatoms. The number of aromatic nitrogens is 1. The molecule has 12 rings (SSSR count). The van der Waals surface area contributed by atoms with Crippen LogP contribution in [0.2, 0.25) is 0 Å². The summed E-state index contributed by atoms with van der Waals surface area (Å²) in [4.78, 5) is 2.45. The lowest BCUT2D eigenvalue weighted by atomic mass is 9.97. The molecule has 0 fully saturated rings. The highest BCUT2D eigenvalue weighted by Gasteiger charge is 2.23. The van der Waals surface area contributed by atoms with Crippen LogP contribution in [0.3, 0.4) is 0 Å². The number of hydrogen-bond donors (Lipinski definition) is 0. The molecule has 0 spiro atoms. The first-order valence-electron chi connectivity index (χ1n) is 21.5. The summed E-state index contributed by atoms with van der Waals surface area (Å²) in [6, 6.07) is 88.4. The summed E-state index contributed by atoms with van der Waals surface area (Å²) in [5.74, 6) is 0. The van der Waals surface area contributed by atoms with Gasteiger partial charge in [0.25, 0.3) is 0 Å². The van der Waals surface area contributed by atoms with Crippen molar-refractivity contribution in [3.05, 3.63) is 243 Å². The molecule has 0 atom stereocenters. The van der Waals surface area contributed by atoms with E-state index in [1.54, 1.807) is 0 Å². The molecule has 2 nitrogen and oxygen atoms in total. The second-order valence-corrected chi connectivity index (χ2v) is 17.1. The summed E-state index contributed by atoms with van der Waals surface area (Å²) in [5, 5.41) is 5.03. The Morgan fingerprint density at radius 2 is 0.873 bits per heavy atom. The van der Waals surface area contributed by atoms with Crippen LogP contribution in [0.25, 0.3) is 92.2 Å². The van der Waals surface area contributed by atoms with Crippen molar-refractivity contribution in [2.24, 2.45) is 0 Å². The standard InChI is InChI=1S/C60H40N2S/c1-4-17-41(18-5-1)43-31-34-46(35-32-43)61(55-28-13-11-24-49(55)52-26-16-27-53-51-25-12-15-30-59(51)63-60(52)53)47-36-37-50-48-23-10-14-29-56(48)62(58(50)40-47)57-38-33-45(42-19-6-2-7-20-42)39-54(57)44-21-8-3-9-22-44/h1-40H. The minimum absolute atomic E-state index is 1.08. The molecule has 0 saturated heterocycles. The zero-order valence-electron chi connectivity index (χ0n) is 34.4. The van der Waals surface area contributed by atoms with Crippen LogP contribution < -0.4 is 4.90 Å². The van der Waals surface area contributed by atoms with Crippen molar-refractivity contribution in [3.8, 4) is 50.2 Å². The van der Waals surface area contributed by atoms with E-state index in [2.05, 4.69) is 252 Å². The van der Waals surface area contributed by atoms with Crippen molar-refractivity contribution in [2.75, 3.05) is 4.90 Å². The van der Waals surface area contributed by atoms with E-state index in [4.69, 9.17) is 0 Å². The molecule has 0 saturated carbocycles. The Morgan fingerprint density at radius 3 is 1.65 bits per heavy atom. The number of rotatable bonds is 8. The van der Waals surface area contributed by atoms with Crippen LogP contribution in [0.5, 0.6) is 0 Å². The van der Waals surface area contributed by atoms with Gasteiger partial charge in [0.2, 0.25) is 0 Å². The predicted molar refractivity (Wildman–Crippen MR) is 270 cm³/mol. The smallest absolute Gasteiger partial charge is 0.0562 e. The molecule has 0 radical (unpaired) electrons. The van der Waals surface area contributed by atoms with Crippen molar-refractivity contribution >= 4 is 70.4 Å². The molecular weight excluding hydrogens is 781 g/mol. The van der Waals surface area contributed by atoms with Crippen LogP contribution in [-0.4, -0.2) is 4.57 Å². The highest BCUT2D eigenvalue weighted by atomic mass is 32.1. The summed E-state index contributed by atoms with van der Waals surface area (Å²) in [5.41, 5.74) is 16.3. The van der Waals surface area contributed by atoms with Gasteiger partial charge in [0, 0.05) is 59.0 Å². The number of anilines is 3. The fraction of sp³-hybridized carbons (Fsp3) is 0. The predicted octanol–water partition coefficient (Wildman–Crippen LogP) is 17.3. The number of nitrogens with zero attached hydrogens (tertiary/aromatic N) is 2. The van der Waals surface area contributed by atoms with Crippen LogP contribution in [0.15, 0.2) is 243 Å². The molecule has 2 aromatic heterocycles. The SMILES string of the molecule is c1ccc(-c2ccc(N(c3ccc4c5ccccc5n(-c5ccc(-c6ccccc6)cc5-c5ccccc5)c4c3)c3ccccc3-c3cccc4c3sc3ccccc34)cc2)cc1. The number of thiophene rings is 1. The maximum Gasteiger partial charge on any atom is 0.0562 e. The number of para-hydroxylation sites is 2. The largest absolute Gasteiger partial charge is 0.310 e. The average Bonchev–Trinajstić information content (AvgIpc) is 3.91. The van der Waals surface area contributed by atoms with Gasteiger partial charge in [-0.3, -0.25) is 0 Å². The Hall–Kier alpha value is -7.98.